The Balaban J connectivity index is 1.25. The van der Waals surface area contributed by atoms with Crippen LogP contribution in [0.4, 0.5) is 5.82 Å². The second kappa shape index (κ2) is 6.76. The van der Waals surface area contributed by atoms with Gasteiger partial charge in [-0.15, -0.1) is 0 Å². The summed E-state index contributed by atoms with van der Waals surface area (Å²) in [6.45, 7) is 9.25. The lowest BCUT2D eigenvalue weighted by Crippen LogP contribution is -2.33. The van der Waals surface area contributed by atoms with Crippen LogP contribution in [0.3, 0.4) is 0 Å². The Morgan fingerprint density at radius 1 is 1.14 bits per heavy atom. The molecule has 2 atom stereocenters. The van der Waals surface area contributed by atoms with Gasteiger partial charge in [0, 0.05) is 68.8 Å². The molecule has 0 saturated carbocycles. The van der Waals surface area contributed by atoms with Crippen LogP contribution in [0.5, 0.6) is 5.88 Å². The quantitative estimate of drug-likeness (QED) is 0.806. The fourth-order valence-electron chi connectivity index (χ4n) is 4.53. The molecule has 28 heavy (non-hydrogen) atoms. The minimum absolute atomic E-state index is 0.0237. The smallest absolute Gasteiger partial charge is 0.274 e. The van der Waals surface area contributed by atoms with Crippen LogP contribution in [-0.2, 0) is 6.54 Å². The predicted molar refractivity (Wildman–Crippen MR) is 104 cm³/mol. The number of aromatic nitrogens is 4. The van der Waals surface area contributed by atoms with Crippen LogP contribution in [0.15, 0.2) is 18.5 Å². The summed E-state index contributed by atoms with van der Waals surface area (Å²) < 4.78 is 7.39. The van der Waals surface area contributed by atoms with Crippen LogP contribution >= 0.6 is 0 Å². The first-order valence-electron chi connectivity index (χ1n) is 10.2. The van der Waals surface area contributed by atoms with Crippen molar-refractivity contribution in [1.82, 2.24) is 24.6 Å². The average Bonchev–Trinajstić information content (AvgIpc) is 3.40. The van der Waals surface area contributed by atoms with Crippen LogP contribution in [0.2, 0.25) is 0 Å². The van der Waals surface area contributed by atoms with Crippen molar-refractivity contribution in [3.63, 3.8) is 0 Å². The predicted octanol–water partition coefficient (Wildman–Crippen LogP) is 1.79. The van der Waals surface area contributed by atoms with E-state index in [9.17, 15) is 4.79 Å². The zero-order valence-electron chi connectivity index (χ0n) is 16.4. The molecule has 8 heteroatoms. The maximum atomic E-state index is 12.9. The molecule has 0 aromatic carbocycles. The van der Waals surface area contributed by atoms with Crippen molar-refractivity contribution in [3.8, 4) is 5.88 Å². The van der Waals surface area contributed by atoms with Crippen molar-refractivity contribution < 1.29 is 9.53 Å². The van der Waals surface area contributed by atoms with Gasteiger partial charge < -0.3 is 14.5 Å². The van der Waals surface area contributed by atoms with Crippen LogP contribution < -0.4 is 9.64 Å². The Morgan fingerprint density at radius 3 is 2.64 bits per heavy atom. The molecule has 3 aliphatic heterocycles. The van der Waals surface area contributed by atoms with Gasteiger partial charge in [-0.3, -0.25) is 4.79 Å². The minimum Gasteiger partial charge on any atom is -0.478 e. The van der Waals surface area contributed by atoms with E-state index in [4.69, 9.17) is 4.74 Å². The third kappa shape index (κ3) is 3.00. The van der Waals surface area contributed by atoms with E-state index >= 15 is 0 Å². The van der Waals surface area contributed by atoms with Crippen molar-refractivity contribution in [2.24, 2.45) is 11.8 Å². The van der Waals surface area contributed by atoms with E-state index in [0.29, 0.717) is 35.9 Å². The molecule has 0 bridgehead atoms. The number of rotatable bonds is 3. The summed E-state index contributed by atoms with van der Waals surface area (Å²) in [4.78, 5) is 26.1. The number of hydrogen-bond donors (Lipinski definition) is 0. The fourth-order valence-corrected chi connectivity index (χ4v) is 4.53. The number of nitrogens with zero attached hydrogens (tertiary/aromatic N) is 6. The average molecular weight is 382 g/mol. The van der Waals surface area contributed by atoms with Gasteiger partial charge in [-0.25, -0.2) is 14.6 Å². The molecule has 8 nitrogen and oxygen atoms in total. The molecule has 1 amide bonds. The fraction of sp³-hybridized carbons (Fsp3) is 0.600. The number of likely N-dealkylation sites (tertiary alicyclic amines) is 1. The van der Waals surface area contributed by atoms with Gasteiger partial charge in [-0.1, -0.05) is 13.8 Å². The molecular formula is C20H26N6O2. The molecule has 2 aromatic rings. The lowest BCUT2D eigenvalue weighted by Gasteiger charge is -2.22. The number of aryl methyl sites for hydroxylation is 1. The minimum atomic E-state index is 0.0237. The number of anilines is 1. The molecule has 5 rings (SSSR count). The maximum Gasteiger partial charge on any atom is 0.274 e. The van der Waals surface area contributed by atoms with Crippen LogP contribution in [-0.4, -0.2) is 63.3 Å². The molecule has 0 aliphatic carbocycles. The van der Waals surface area contributed by atoms with Gasteiger partial charge in [0.05, 0.1) is 6.61 Å². The van der Waals surface area contributed by atoms with Crippen molar-refractivity contribution in [1.29, 1.82) is 0 Å². The van der Waals surface area contributed by atoms with Crippen LogP contribution in [0.1, 0.15) is 42.4 Å². The van der Waals surface area contributed by atoms with Crippen LogP contribution in [0.25, 0.3) is 0 Å². The Bertz CT molecular complexity index is 857. The molecule has 5 heterocycles. The van der Waals surface area contributed by atoms with E-state index in [-0.39, 0.29) is 5.91 Å². The number of hydrogen-bond acceptors (Lipinski definition) is 6. The number of ether oxygens (including phenoxy) is 1. The SMILES string of the molecule is CC(C)c1cc(N2CC3CN(C(=O)c4cc5n(n4)CCCO5)CC3C2)ncn1. The normalized spacial score (nSPS) is 23.7. The summed E-state index contributed by atoms with van der Waals surface area (Å²) in [5.74, 6) is 3.09. The molecule has 0 N–H and O–H groups in total. The van der Waals surface area contributed by atoms with Gasteiger partial charge in [0.15, 0.2) is 5.69 Å². The summed E-state index contributed by atoms with van der Waals surface area (Å²) in [6.07, 6.45) is 2.60. The van der Waals surface area contributed by atoms with Gasteiger partial charge >= 0.3 is 0 Å². The van der Waals surface area contributed by atoms with Gasteiger partial charge in [0.25, 0.3) is 5.91 Å². The Hall–Kier alpha value is -2.64. The summed E-state index contributed by atoms with van der Waals surface area (Å²) in [5, 5.41) is 4.45. The topological polar surface area (TPSA) is 76.4 Å². The van der Waals surface area contributed by atoms with E-state index < -0.39 is 0 Å². The van der Waals surface area contributed by atoms with E-state index in [1.807, 2.05) is 4.90 Å². The first-order valence-corrected chi connectivity index (χ1v) is 10.2. The Morgan fingerprint density at radius 2 is 1.93 bits per heavy atom. The van der Waals surface area contributed by atoms with Gasteiger partial charge in [-0.05, 0) is 5.92 Å². The third-order valence-electron chi connectivity index (χ3n) is 6.09. The highest BCUT2D eigenvalue weighted by Crippen LogP contribution is 2.34. The largest absolute Gasteiger partial charge is 0.478 e. The second-order valence-electron chi connectivity index (χ2n) is 8.38. The van der Waals surface area contributed by atoms with E-state index in [2.05, 4.69) is 39.9 Å². The van der Waals surface area contributed by atoms with Gasteiger partial charge in [0.2, 0.25) is 5.88 Å². The molecule has 148 valence electrons. The molecule has 2 saturated heterocycles. The Kier molecular flexibility index (Phi) is 4.21. The van der Waals surface area contributed by atoms with E-state index in [0.717, 1.165) is 50.7 Å². The van der Waals surface area contributed by atoms with Gasteiger partial charge in [0.1, 0.15) is 12.1 Å². The Labute approximate surface area is 164 Å². The number of carbonyl (C=O) groups excluding carboxylic acids is 1. The molecule has 0 radical (unpaired) electrons. The molecule has 2 aromatic heterocycles. The first kappa shape index (κ1) is 17.5. The summed E-state index contributed by atoms with van der Waals surface area (Å²) in [6, 6.07) is 3.89. The molecule has 3 aliphatic rings. The molecule has 0 spiro atoms. The maximum absolute atomic E-state index is 12.9. The van der Waals surface area contributed by atoms with Crippen molar-refractivity contribution in [2.75, 3.05) is 37.7 Å². The number of amides is 1. The summed E-state index contributed by atoms with van der Waals surface area (Å²) in [7, 11) is 0. The van der Waals surface area contributed by atoms with E-state index in [1.54, 1.807) is 17.1 Å². The number of carbonyl (C=O) groups is 1. The standard InChI is InChI=1S/C20H26N6O2/c1-13(2)16-6-18(22-12-21-16)24-8-14-10-25(11-15(14)9-24)20(27)17-7-19-26(23-17)4-3-5-28-19/h6-7,12-15H,3-5,8-11H2,1-2H3. The van der Waals surface area contributed by atoms with Crippen LogP contribution in [0, 0.1) is 11.8 Å². The van der Waals surface area contributed by atoms with Crippen molar-refractivity contribution in [2.45, 2.75) is 32.7 Å². The highest BCUT2D eigenvalue weighted by Gasteiger charge is 2.42. The highest BCUT2D eigenvalue weighted by atomic mass is 16.5. The summed E-state index contributed by atoms with van der Waals surface area (Å²) >= 11 is 0. The molecule has 2 fully saturated rings. The number of fused-ring (bicyclic) bond motifs is 2. The van der Waals surface area contributed by atoms with Gasteiger partial charge in [-0.2, -0.15) is 5.10 Å². The monoisotopic (exact) mass is 382 g/mol. The molecular weight excluding hydrogens is 356 g/mol. The van der Waals surface area contributed by atoms with Crippen molar-refractivity contribution >= 4 is 11.7 Å². The zero-order chi connectivity index (χ0) is 19.3. The first-order chi connectivity index (χ1) is 13.6. The lowest BCUT2D eigenvalue weighted by atomic mass is 10.0. The summed E-state index contributed by atoms with van der Waals surface area (Å²) in [5.41, 5.74) is 1.58. The van der Waals surface area contributed by atoms with E-state index in [1.165, 1.54) is 0 Å². The highest BCUT2D eigenvalue weighted by molar-refractivity contribution is 5.93. The molecule has 2 unspecified atom stereocenters. The second-order valence-corrected chi connectivity index (χ2v) is 8.38. The lowest BCUT2D eigenvalue weighted by molar-refractivity contribution is 0.0775. The van der Waals surface area contributed by atoms with Crippen molar-refractivity contribution in [3.05, 3.63) is 29.8 Å². The zero-order valence-corrected chi connectivity index (χ0v) is 16.4. The third-order valence-corrected chi connectivity index (χ3v) is 6.09.